The fourth-order valence-electron chi connectivity index (χ4n) is 1.69. The second kappa shape index (κ2) is 1.60. The van der Waals surface area contributed by atoms with Gasteiger partial charge in [-0.15, -0.1) is 0 Å². The third kappa shape index (κ3) is 0.584. The SMILES string of the molecule is C[C@@H]1C2C=CC(O2)[C@@H]1C. The van der Waals surface area contributed by atoms with E-state index in [0.29, 0.717) is 12.2 Å². The van der Waals surface area contributed by atoms with Crippen LogP contribution in [-0.2, 0) is 4.74 Å². The highest BCUT2D eigenvalue weighted by molar-refractivity contribution is 5.12. The maximum absolute atomic E-state index is 5.59. The normalized spacial score (nSPS) is 54.9. The number of fused-ring (bicyclic) bond motifs is 2. The molecule has 0 aliphatic carbocycles. The summed E-state index contributed by atoms with van der Waals surface area (Å²) in [5, 5.41) is 0. The van der Waals surface area contributed by atoms with Crippen molar-refractivity contribution in [3.63, 3.8) is 0 Å². The van der Waals surface area contributed by atoms with Crippen molar-refractivity contribution < 1.29 is 4.74 Å². The van der Waals surface area contributed by atoms with Crippen molar-refractivity contribution in [3.8, 4) is 0 Å². The van der Waals surface area contributed by atoms with Crippen LogP contribution in [0.15, 0.2) is 12.2 Å². The van der Waals surface area contributed by atoms with E-state index >= 15 is 0 Å². The molecule has 9 heavy (non-hydrogen) atoms. The van der Waals surface area contributed by atoms with Crippen LogP contribution in [0.5, 0.6) is 0 Å². The number of hydrogen-bond acceptors (Lipinski definition) is 1. The van der Waals surface area contributed by atoms with Crippen LogP contribution in [0.2, 0.25) is 0 Å². The van der Waals surface area contributed by atoms with E-state index in [2.05, 4.69) is 26.0 Å². The van der Waals surface area contributed by atoms with Crippen molar-refractivity contribution in [3.05, 3.63) is 12.2 Å². The van der Waals surface area contributed by atoms with Gasteiger partial charge in [0.1, 0.15) is 0 Å². The first-order chi connectivity index (χ1) is 4.29. The minimum atomic E-state index is 0.435. The van der Waals surface area contributed by atoms with Gasteiger partial charge in [0.05, 0.1) is 12.2 Å². The van der Waals surface area contributed by atoms with Crippen LogP contribution in [0.3, 0.4) is 0 Å². The van der Waals surface area contributed by atoms with Gasteiger partial charge in [-0.1, -0.05) is 26.0 Å². The summed E-state index contributed by atoms with van der Waals surface area (Å²) in [6.07, 6.45) is 5.25. The van der Waals surface area contributed by atoms with Crippen molar-refractivity contribution in [2.45, 2.75) is 26.1 Å². The molecular formula is C8H12O. The molecule has 0 saturated carbocycles. The lowest BCUT2D eigenvalue weighted by atomic mass is 9.86. The van der Waals surface area contributed by atoms with Gasteiger partial charge in [0.25, 0.3) is 0 Å². The zero-order valence-electron chi connectivity index (χ0n) is 5.87. The molecule has 1 saturated heterocycles. The zero-order valence-corrected chi connectivity index (χ0v) is 5.87. The van der Waals surface area contributed by atoms with E-state index in [-0.39, 0.29) is 0 Å². The largest absolute Gasteiger partial charge is 0.366 e. The van der Waals surface area contributed by atoms with Crippen LogP contribution in [0.25, 0.3) is 0 Å². The van der Waals surface area contributed by atoms with E-state index in [1.165, 1.54) is 0 Å². The Labute approximate surface area is 55.7 Å². The zero-order chi connectivity index (χ0) is 6.43. The Morgan fingerprint density at radius 3 is 1.67 bits per heavy atom. The molecule has 0 amide bonds. The summed E-state index contributed by atoms with van der Waals surface area (Å²) in [6.45, 7) is 4.53. The van der Waals surface area contributed by atoms with E-state index in [1.807, 2.05) is 0 Å². The van der Waals surface area contributed by atoms with Crippen molar-refractivity contribution in [2.75, 3.05) is 0 Å². The van der Waals surface area contributed by atoms with Gasteiger partial charge in [0, 0.05) is 0 Å². The summed E-state index contributed by atoms with van der Waals surface area (Å²) in [5.74, 6) is 1.47. The van der Waals surface area contributed by atoms with Crippen LogP contribution < -0.4 is 0 Å². The highest BCUT2D eigenvalue weighted by atomic mass is 16.5. The van der Waals surface area contributed by atoms with Crippen LogP contribution in [0.1, 0.15) is 13.8 Å². The highest BCUT2D eigenvalue weighted by Crippen LogP contribution is 2.37. The molecular weight excluding hydrogens is 112 g/mol. The van der Waals surface area contributed by atoms with Crippen molar-refractivity contribution >= 4 is 0 Å². The number of ether oxygens (including phenoxy) is 1. The lowest BCUT2D eigenvalue weighted by Gasteiger charge is -2.15. The average molecular weight is 124 g/mol. The van der Waals surface area contributed by atoms with Crippen molar-refractivity contribution in [1.82, 2.24) is 0 Å². The maximum atomic E-state index is 5.59. The summed E-state index contributed by atoms with van der Waals surface area (Å²) < 4.78 is 5.59. The Kier molecular flexibility index (Phi) is 0.974. The smallest absolute Gasteiger partial charge is 0.0794 e. The summed E-state index contributed by atoms with van der Waals surface area (Å²) in [4.78, 5) is 0. The Bertz CT molecular complexity index is 135. The van der Waals surface area contributed by atoms with Crippen molar-refractivity contribution in [2.24, 2.45) is 11.8 Å². The summed E-state index contributed by atoms with van der Waals surface area (Å²) in [7, 11) is 0. The molecule has 1 heteroatoms. The Morgan fingerprint density at radius 2 is 1.44 bits per heavy atom. The first kappa shape index (κ1) is 5.48. The molecule has 0 aromatic rings. The van der Waals surface area contributed by atoms with Gasteiger partial charge in [-0.25, -0.2) is 0 Å². The molecule has 2 aliphatic rings. The van der Waals surface area contributed by atoms with E-state index in [9.17, 15) is 0 Å². The van der Waals surface area contributed by atoms with E-state index in [4.69, 9.17) is 4.74 Å². The number of rotatable bonds is 0. The predicted molar refractivity (Wildman–Crippen MR) is 36.1 cm³/mol. The fourth-order valence-corrected chi connectivity index (χ4v) is 1.69. The van der Waals surface area contributed by atoms with Gasteiger partial charge in [0.15, 0.2) is 0 Å². The predicted octanol–water partition coefficient (Wildman–Crippen LogP) is 1.60. The first-order valence-corrected chi connectivity index (χ1v) is 3.63. The van der Waals surface area contributed by atoms with Crippen LogP contribution in [0.4, 0.5) is 0 Å². The third-order valence-corrected chi connectivity index (χ3v) is 2.67. The lowest BCUT2D eigenvalue weighted by molar-refractivity contribution is 0.105. The lowest BCUT2D eigenvalue weighted by Crippen LogP contribution is -2.17. The molecule has 2 rings (SSSR count). The summed E-state index contributed by atoms with van der Waals surface area (Å²) >= 11 is 0. The summed E-state index contributed by atoms with van der Waals surface area (Å²) in [5.41, 5.74) is 0. The molecule has 1 nitrogen and oxygen atoms in total. The molecule has 4 atom stereocenters. The molecule has 0 aromatic heterocycles. The van der Waals surface area contributed by atoms with E-state index < -0.39 is 0 Å². The second-order valence-electron chi connectivity index (χ2n) is 3.17. The molecule has 2 unspecified atom stereocenters. The van der Waals surface area contributed by atoms with Crippen molar-refractivity contribution in [1.29, 1.82) is 0 Å². The standard InChI is InChI=1S/C8H12O/c1-5-6(2)8-4-3-7(5)9-8/h3-8H,1-2H3/t5-,6+,7?,8?. The van der Waals surface area contributed by atoms with Gasteiger partial charge in [-0.05, 0) is 11.8 Å². The van der Waals surface area contributed by atoms with Gasteiger partial charge in [-0.2, -0.15) is 0 Å². The first-order valence-electron chi connectivity index (χ1n) is 3.63. The molecule has 2 heterocycles. The Balaban J connectivity index is 2.26. The Morgan fingerprint density at radius 1 is 1.00 bits per heavy atom. The fraction of sp³-hybridized carbons (Fsp3) is 0.750. The van der Waals surface area contributed by atoms with Gasteiger partial charge in [0.2, 0.25) is 0 Å². The number of hydrogen-bond donors (Lipinski definition) is 0. The average Bonchev–Trinajstić information content (AvgIpc) is 2.37. The summed E-state index contributed by atoms with van der Waals surface area (Å²) in [6, 6.07) is 0. The minimum Gasteiger partial charge on any atom is -0.366 e. The van der Waals surface area contributed by atoms with E-state index in [1.54, 1.807) is 0 Å². The molecule has 0 N–H and O–H groups in total. The Hall–Kier alpha value is -0.300. The molecule has 0 spiro atoms. The third-order valence-electron chi connectivity index (χ3n) is 2.67. The molecule has 0 aromatic carbocycles. The van der Waals surface area contributed by atoms with Crippen LogP contribution >= 0.6 is 0 Å². The monoisotopic (exact) mass is 124 g/mol. The molecule has 50 valence electrons. The molecule has 0 radical (unpaired) electrons. The van der Waals surface area contributed by atoms with Crippen LogP contribution in [0, 0.1) is 11.8 Å². The topological polar surface area (TPSA) is 9.23 Å². The second-order valence-corrected chi connectivity index (χ2v) is 3.17. The highest BCUT2D eigenvalue weighted by Gasteiger charge is 2.39. The molecule has 2 bridgehead atoms. The van der Waals surface area contributed by atoms with Crippen LogP contribution in [-0.4, -0.2) is 12.2 Å². The van der Waals surface area contributed by atoms with Gasteiger partial charge >= 0.3 is 0 Å². The van der Waals surface area contributed by atoms with Gasteiger partial charge in [-0.3, -0.25) is 0 Å². The quantitative estimate of drug-likeness (QED) is 0.446. The minimum absolute atomic E-state index is 0.435. The van der Waals surface area contributed by atoms with Gasteiger partial charge < -0.3 is 4.74 Å². The maximum Gasteiger partial charge on any atom is 0.0794 e. The molecule has 1 fully saturated rings. The van der Waals surface area contributed by atoms with E-state index in [0.717, 1.165) is 11.8 Å². The molecule has 2 aliphatic heterocycles.